The van der Waals surface area contributed by atoms with E-state index in [-0.39, 0.29) is 11.3 Å². The first-order chi connectivity index (χ1) is 13.3. The number of hydrogen-bond donors (Lipinski definition) is 2. The van der Waals surface area contributed by atoms with Crippen LogP contribution in [0.25, 0.3) is 0 Å². The van der Waals surface area contributed by atoms with Gasteiger partial charge in [-0.1, -0.05) is 12.1 Å². The fourth-order valence-electron chi connectivity index (χ4n) is 2.48. The summed E-state index contributed by atoms with van der Waals surface area (Å²) in [5.74, 6) is 0.0949. The normalized spacial score (nSPS) is 11.0. The average molecular weight is 387 g/mol. The minimum Gasteiger partial charge on any atom is -0.497 e. The fourth-order valence-corrected chi connectivity index (χ4v) is 2.48. The number of halogens is 3. The van der Waals surface area contributed by atoms with Crippen molar-refractivity contribution >= 4 is 23.0 Å². The van der Waals surface area contributed by atoms with Crippen LogP contribution in [0.1, 0.15) is 15.9 Å². The second kappa shape index (κ2) is 7.99. The number of nitrogens with zero attached hydrogens (tertiary/aromatic N) is 1. The maximum atomic E-state index is 12.8. The van der Waals surface area contributed by atoms with Crippen molar-refractivity contribution in [3.8, 4) is 5.75 Å². The zero-order valence-corrected chi connectivity index (χ0v) is 14.7. The van der Waals surface area contributed by atoms with Crippen molar-refractivity contribution in [1.82, 2.24) is 4.98 Å². The average Bonchev–Trinajstić information content (AvgIpc) is 2.68. The molecular weight excluding hydrogens is 371 g/mol. The number of carbonyl (C=O) groups excluding carboxylic acids is 1. The Bertz CT molecular complexity index is 990. The molecular formula is C20H16F3N3O2. The second-order valence-corrected chi connectivity index (χ2v) is 5.85. The van der Waals surface area contributed by atoms with Gasteiger partial charge in [0.1, 0.15) is 5.75 Å². The van der Waals surface area contributed by atoms with Gasteiger partial charge in [0.15, 0.2) is 0 Å². The van der Waals surface area contributed by atoms with Crippen LogP contribution in [0.3, 0.4) is 0 Å². The van der Waals surface area contributed by atoms with Crippen molar-refractivity contribution in [2.45, 2.75) is 6.18 Å². The molecule has 5 nitrogen and oxygen atoms in total. The molecule has 0 unspecified atom stereocenters. The lowest BCUT2D eigenvalue weighted by Gasteiger charge is -2.11. The van der Waals surface area contributed by atoms with E-state index < -0.39 is 17.6 Å². The molecule has 28 heavy (non-hydrogen) atoms. The quantitative estimate of drug-likeness (QED) is 0.639. The van der Waals surface area contributed by atoms with Crippen LogP contribution in [0.4, 0.5) is 30.2 Å². The molecule has 1 aromatic heterocycles. The predicted octanol–water partition coefficient (Wildman–Crippen LogP) is 5.10. The number of methoxy groups -OCH3 is 1. The second-order valence-electron chi connectivity index (χ2n) is 5.85. The molecule has 2 aromatic carbocycles. The lowest BCUT2D eigenvalue weighted by atomic mass is 10.2. The Kier molecular flexibility index (Phi) is 5.49. The zero-order valence-electron chi connectivity index (χ0n) is 14.7. The summed E-state index contributed by atoms with van der Waals surface area (Å²) in [6.45, 7) is 0. The Hall–Kier alpha value is -3.55. The van der Waals surface area contributed by atoms with Crippen LogP contribution in [0.15, 0.2) is 67.0 Å². The summed E-state index contributed by atoms with van der Waals surface area (Å²) >= 11 is 0. The molecule has 0 aliphatic rings. The molecule has 0 spiro atoms. The molecule has 0 saturated carbocycles. The summed E-state index contributed by atoms with van der Waals surface area (Å²) in [5, 5.41) is 5.55. The highest BCUT2D eigenvalue weighted by Crippen LogP contribution is 2.30. The van der Waals surface area contributed by atoms with Gasteiger partial charge in [-0.05, 0) is 36.4 Å². The Balaban J connectivity index is 1.75. The molecule has 1 amide bonds. The summed E-state index contributed by atoms with van der Waals surface area (Å²) in [5.41, 5.74) is 0.690. The first-order valence-corrected chi connectivity index (χ1v) is 8.20. The number of benzene rings is 2. The van der Waals surface area contributed by atoms with Crippen molar-refractivity contribution in [1.29, 1.82) is 0 Å². The molecule has 0 aliphatic carbocycles. The number of carbonyl (C=O) groups is 1. The van der Waals surface area contributed by atoms with Crippen LogP contribution < -0.4 is 15.4 Å². The van der Waals surface area contributed by atoms with Gasteiger partial charge in [-0.25, -0.2) is 0 Å². The largest absolute Gasteiger partial charge is 0.497 e. The number of anilines is 3. The number of pyridine rings is 1. The van der Waals surface area contributed by atoms with Gasteiger partial charge in [0.05, 0.1) is 30.1 Å². The van der Waals surface area contributed by atoms with Gasteiger partial charge in [-0.2, -0.15) is 13.2 Å². The van der Waals surface area contributed by atoms with E-state index in [0.717, 1.165) is 17.8 Å². The fraction of sp³-hybridized carbons (Fsp3) is 0.100. The summed E-state index contributed by atoms with van der Waals surface area (Å²) in [6, 6.07) is 13.2. The summed E-state index contributed by atoms with van der Waals surface area (Å²) in [6.07, 6.45) is -1.62. The third-order valence-electron chi connectivity index (χ3n) is 3.81. The maximum Gasteiger partial charge on any atom is 0.416 e. The van der Waals surface area contributed by atoms with E-state index in [9.17, 15) is 18.0 Å². The van der Waals surface area contributed by atoms with Gasteiger partial charge in [0, 0.05) is 23.6 Å². The minimum absolute atomic E-state index is 0.0472. The Labute approximate surface area is 159 Å². The van der Waals surface area contributed by atoms with Crippen LogP contribution in [-0.4, -0.2) is 18.0 Å². The Morgan fingerprint density at radius 2 is 1.71 bits per heavy atom. The highest BCUT2D eigenvalue weighted by Gasteiger charge is 2.30. The molecule has 3 aromatic rings. The van der Waals surface area contributed by atoms with Gasteiger partial charge in [-0.15, -0.1) is 0 Å². The number of hydrogen-bond acceptors (Lipinski definition) is 4. The molecule has 0 radical (unpaired) electrons. The predicted molar refractivity (Wildman–Crippen MR) is 99.9 cm³/mol. The molecule has 0 aliphatic heterocycles. The van der Waals surface area contributed by atoms with Crippen molar-refractivity contribution < 1.29 is 22.7 Å². The van der Waals surface area contributed by atoms with Crippen molar-refractivity contribution in [2.24, 2.45) is 0 Å². The molecule has 2 N–H and O–H groups in total. The van der Waals surface area contributed by atoms with Crippen LogP contribution in [0.5, 0.6) is 5.75 Å². The zero-order chi connectivity index (χ0) is 20.1. The van der Waals surface area contributed by atoms with Gasteiger partial charge in [0.2, 0.25) is 0 Å². The molecule has 0 bridgehead atoms. The third kappa shape index (κ3) is 4.79. The van der Waals surface area contributed by atoms with Crippen LogP contribution >= 0.6 is 0 Å². The molecule has 1 heterocycles. The third-order valence-corrected chi connectivity index (χ3v) is 3.81. The van der Waals surface area contributed by atoms with E-state index in [4.69, 9.17) is 4.74 Å². The molecule has 144 valence electrons. The van der Waals surface area contributed by atoms with Gasteiger partial charge in [-0.3, -0.25) is 9.78 Å². The summed E-state index contributed by atoms with van der Waals surface area (Å²) < 4.78 is 43.6. The van der Waals surface area contributed by atoms with Crippen LogP contribution in [0.2, 0.25) is 0 Å². The first kappa shape index (κ1) is 19.2. The van der Waals surface area contributed by atoms with E-state index in [1.807, 2.05) is 6.07 Å². The maximum absolute atomic E-state index is 12.8. The Morgan fingerprint density at radius 3 is 2.46 bits per heavy atom. The van der Waals surface area contributed by atoms with Crippen molar-refractivity contribution in [3.05, 3.63) is 78.1 Å². The van der Waals surface area contributed by atoms with E-state index in [1.54, 1.807) is 31.4 Å². The van der Waals surface area contributed by atoms with E-state index in [0.29, 0.717) is 11.4 Å². The SMILES string of the molecule is COc1cccc(Nc2cncc(C(=O)Nc3cccc(C(F)(F)F)c3)c2)c1. The minimum atomic E-state index is -4.48. The van der Waals surface area contributed by atoms with Gasteiger partial charge < -0.3 is 15.4 Å². The topological polar surface area (TPSA) is 63.2 Å². The van der Waals surface area contributed by atoms with Gasteiger partial charge in [0.25, 0.3) is 5.91 Å². The molecule has 3 rings (SSSR count). The number of ether oxygens (including phenoxy) is 1. The lowest BCUT2D eigenvalue weighted by molar-refractivity contribution is -0.137. The summed E-state index contributed by atoms with van der Waals surface area (Å²) in [7, 11) is 1.55. The Morgan fingerprint density at radius 1 is 0.964 bits per heavy atom. The van der Waals surface area contributed by atoms with Crippen LogP contribution in [-0.2, 0) is 6.18 Å². The smallest absolute Gasteiger partial charge is 0.416 e. The van der Waals surface area contributed by atoms with Crippen molar-refractivity contribution in [2.75, 3.05) is 17.7 Å². The molecule has 0 saturated heterocycles. The van der Waals surface area contributed by atoms with E-state index >= 15 is 0 Å². The summed E-state index contributed by atoms with van der Waals surface area (Å²) in [4.78, 5) is 16.4. The molecule has 8 heteroatoms. The van der Waals surface area contributed by atoms with Crippen molar-refractivity contribution in [3.63, 3.8) is 0 Å². The molecule has 0 atom stereocenters. The molecule has 0 fully saturated rings. The van der Waals surface area contributed by atoms with E-state index in [2.05, 4.69) is 15.6 Å². The van der Waals surface area contributed by atoms with Gasteiger partial charge >= 0.3 is 6.18 Å². The lowest BCUT2D eigenvalue weighted by Crippen LogP contribution is -2.13. The highest BCUT2D eigenvalue weighted by molar-refractivity contribution is 6.04. The number of aromatic nitrogens is 1. The number of nitrogens with one attached hydrogen (secondary N) is 2. The number of amides is 1. The first-order valence-electron chi connectivity index (χ1n) is 8.20. The highest BCUT2D eigenvalue weighted by atomic mass is 19.4. The standard InChI is InChI=1S/C20H16F3N3O2/c1-28-18-7-3-6-16(10-18)25-17-8-13(11-24-12-17)19(27)26-15-5-2-4-14(9-15)20(21,22)23/h2-12,25H,1H3,(H,26,27). The monoisotopic (exact) mass is 387 g/mol. The van der Waals surface area contributed by atoms with Crippen LogP contribution in [0, 0.1) is 0 Å². The number of alkyl halides is 3. The van der Waals surface area contributed by atoms with E-state index in [1.165, 1.54) is 24.5 Å². The number of rotatable bonds is 5.